The van der Waals surface area contributed by atoms with Crippen LogP contribution in [0.2, 0.25) is 10.0 Å². The van der Waals surface area contributed by atoms with Gasteiger partial charge in [-0.1, -0.05) is 54.6 Å². The molecule has 4 aliphatic heterocycles. The lowest BCUT2D eigenvalue weighted by Gasteiger charge is -2.39. The van der Waals surface area contributed by atoms with Gasteiger partial charge in [-0.05, 0) is 100 Å². The van der Waals surface area contributed by atoms with E-state index in [1.54, 1.807) is 18.2 Å². The average Bonchev–Trinajstić information content (AvgIpc) is 3.42. The van der Waals surface area contributed by atoms with Crippen molar-refractivity contribution in [2.75, 3.05) is 19.6 Å². The highest BCUT2D eigenvalue weighted by Crippen LogP contribution is 2.49. The summed E-state index contributed by atoms with van der Waals surface area (Å²) in [6.45, 7) is 5.19. The van der Waals surface area contributed by atoms with Crippen LogP contribution in [-0.2, 0) is 11.2 Å². The second-order valence-electron chi connectivity index (χ2n) is 16.4. The van der Waals surface area contributed by atoms with E-state index in [0.29, 0.717) is 51.4 Å². The van der Waals surface area contributed by atoms with Gasteiger partial charge in [-0.25, -0.2) is 9.37 Å². The van der Waals surface area contributed by atoms with Crippen LogP contribution >= 0.6 is 23.2 Å². The maximum Gasteiger partial charge on any atom is 0.226 e. The molecule has 2 N–H and O–H groups in total. The number of amides is 1. The first-order chi connectivity index (χ1) is 25.3. The Morgan fingerprint density at radius 1 is 1.04 bits per heavy atom. The summed E-state index contributed by atoms with van der Waals surface area (Å²) in [5.74, 6) is 1.40. The number of aromatic nitrogens is 2. The maximum absolute atomic E-state index is 16.7. The molecular formula is C42H47Cl2FN6O. The van der Waals surface area contributed by atoms with Crippen molar-refractivity contribution in [1.29, 1.82) is 5.26 Å². The number of H-pyrrole nitrogens is 1. The average molecular weight is 742 g/mol. The molecule has 3 saturated carbocycles. The molecule has 1 amide bonds. The van der Waals surface area contributed by atoms with Gasteiger partial charge >= 0.3 is 0 Å². The molecule has 272 valence electrons. The Hall–Kier alpha value is -3.22. The van der Waals surface area contributed by atoms with Gasteiger partial charge < -0.3 is 15.2 Å². The predicted octanol–water partition coefficient (Wildman–Crippen LogP) is 9.28. The number of nitrogens with zero attached hydrogens (tertiary/aromatic N) is 4. The summed E-state index contributed by atoms with van der Waals surface area (Å²) in [6, 6.07) is 13.3. The Labute approximate surface area is 315 Å². The molecule has 2 aromatic carbocycles. The van der Waals surface area contributed by atoms with Crippen molar-refractivity contribution < 1.29 is 9.18 Å². The molecule has 52 heavy (non-hydrogen) atoms. The first-order valence-corrected chi connectivity index (χ1v) is 20.3. The summed E-state index contributed by atoms with van der Waals surface area (Å²) in [5.41, 5.74) is 4.32. The zero-order valence-corrected chi connectivity index (χ0v) is 31.4. The number of aryl methyl sites for hydroxylation is 2. The van der Waals surface area contributed by atoms with Crippen molar-refractivity contribution in [3.05, 3.63) is 63.1 Å². The first kappa shape index (κ1) is 34.5. The molecule has 4 saturated heterocycles. The number of fused-ring (bicyclic) bond motifs is 6. The molecule has 3 unspecified atom stereocenters. The number of hydrogen-bond donors (Lipinski definition) is 2. The lowest BCUT2D eigenvalue weighted by molar-refractivity contribution is -0.135. The number of piperidine rings is 1. The van der Waals surface area contributed by atoms with E-state index in [2.05, 4.69) is 32.2 Å². The lowest BCUT2D eigenvalue weighted by Crippen LogP contribution is -2.48. The van der Waals surface area contributed by atoms with Gasteiger partial charge in [-0.15, -0.1) is 0 Å². The molecule has 10 heteroatoms. The minimum absolute atomic E-state index is 0.0408. The quantitative estimate of drug-likeness (QED) is 0.206. The summed E-state index contributed by atoms with van der Waals surface area (Å²) < 4.78 is 16.7. The van der Waals surface area contributed by atoms with Crippen molar-refractivity contribution in [3.8, 4) is 17.2 Å². The Balaban J connectivity index is 0.000000539. The third-order valence-corrected chi connectivity index (χ3v) is 13.8. The zero-order chi connectivity index (χ0) is 35.7. The van der Waals surface area contributed by atoms with Gasteiger partial charge in [0, 0.05) is 76.8 Å². The molecule has 3 atom stereocenters. The molecule has 7 aliphatic rings. The van der Waals surface area contributed by atoms with Gasteiger partial charge in [0.15, 0.2) is 5.82 Å². The summed E-state index contributed by atoms with van der Waals surface area (Å²) in [6.07, 6.45) is 13.0. The van der Waals surface area contributed by atoms with E-state index in [9.17, 15) is 10.1 Å². The highest BCUT2D eigenvalue weighted by Gasteiger charge is 2.52. The van der Waals surface area contributed by atoms with Crippen LogP contribution in [0.25, 0.3) is 32.9 Å². The van der Waals surface area contributed by atoms with Crippen LogP contribution < -0.4 is 5.32 Å². The third kappa shape index (κ3) is 6.10. The Bertz CT molecular complexity index is 2060. The molecule has 0 radical (unpaired) electrons. The Morgan fingerprint density at radius 3 is 2.54 bits per heavy atom. The smallest absolute Gasteiger partial charge is 0.226 e. The summed E-state index contributed by atoms with van der Waals surface area (Å²) >= 11 is 13.0. The van der Waals surface area contributed by atoms with Crippen molar-refractivity contribution in [1.82, 2.24) is 25.1 Å². The molecule has 11 rings (SSSR count). The number of aromatic amines is 1. The second-order valence-corrected chi connectivity index (χ2v) is 17.2. The largest absolute Gasteiger partial charge is 0.356 e. The number of nitrogens with one attached hydrogen (secondary N) is 2. The normalized spacial score (nSPS) is 27.1. The fraction of sp³-hybridized carbons (Fsp3) is 0.548. The number of halogens is 3. The van der Waals surface area contributed by atoms with Gasteiger partial charge in [0.2, 0.25) is 5.91 Å². The molecule has 6 heterocycles. The van der Waals surface area contributed by atoms with E-state index in [1.165, 1.54) is 51.5 Å². The molecule has 3 aliphatic carbocycles. The van der Waals surface area contributed by atoms with Crippen molar-refractivity contribution in [2.24, 2.45) is 17.8 Å². The summed E-state index contributed by atoms with van der Waals surface area (Å²) in [4.78, 5) is 27.4. The lowest BCUT2D eigenvalue weighted by atomic mass is 9.87. The van der Waals surface area contributed by atoms with Crippen LogP contribution in [0.5, 0.6) is 0 Å². The van der Waals surface area contributed by atoms with Crippen molar-refractivity contribution in [3.63, 3.8) is 0 Å². The van der Waals surface area contributed by atoms with Crippen LogP contribution in [0.1, 0.15) is 93.6 Å². The van der Waals surface area contributed by atoms with Crippen LogP contribution in [0.3, 0.4) is 0 Å². The minimum Gasteiger partial charge on any atom is -0.356 e. The first-order valence-electron chi connectivity index (χ1n) is 19.5. The van der Waals surface area contributed by atoms with Crippen LogP contribution in [0, 0.1) is 41.8 Å². The van der Waals surface area contributed by atoms with Crippen LogP contribution in [0.15, 0.2) is 30.3 Å². The number of benzene rings is 2. The van der Waals surface area contributed by atoms with E-state index < -0.39 is 5.82 Å². The van der Waals surface area contributed by atoms with E-state index >= 15 is 4.39 Å². The Morgan fingerprint density at radius 2 is 1.85 bits per heavy atom. The van der Waals surface area contributed by atoms with Gasteiger partial charge in [-0.2, -0.15) is 5.26 Å². The molecule has 0 spiro atoms. The zero-order valence-electron chi connectivity index (χ0n) is 29.9. The topological polar surface area (TPSA) is 88.0 Å². The molecular weight excluding hydrogens is 694 g/mol. The SMILES string of the molecule is C1NC2CC1C2.Cc1nc2c(F)c(-c3cccc(Cl)c3Cl)c(CCC#N)cc2c2[nH]c(C3C4CC(CN(C5CCCCC5)C4)N3C(=O)C3CC3)cc12. The molecule has 4 aromatic rings. The number of hydrogen-bond acceptors (Lipinski definition) is 5. The number of nitriles is 1. The van der Waals surface area contributed by atoms with Crippen LogP contribution in [-0.4, -0.2) is 63.4 Å². The third-order valence-electron chi connectivity index (χ3n) is 13.0. The molecule has 7 fully saturated rings. The van der Waals surface area contributed by atoms with E-state index in [4.69, 9.17) is 28.2 Å². The maximum atomic E-state index is 16.7. The van der Waals surface area contributed by atoms with Gasteiger partial charge in [0.25, 0.3) is 0 Å². The number of pyridine rings is 1. The van der Waals surface area contributed by atoms with E-state index in [-0.39, 0.29) is 35.0 Å². The van der Waals surface area contributed by atoms with Crippen molar-refractivity contribution >= 4 is 50.9 Å². The van der Waals surface area contributed by atoms with Crippen molar-refractivity contribution in [2.45, 2.75) is 108 Å². The van der Waals surface area contributed by atoms with E-state index in [1.807, 2.05) is 13.0 Å². The van der Waals surface area contributed by atoms with Gasteiger partial charge in [0.05, 0.1) is 27.7 Å². The minimum atomic E-state index is -0.471. The van der Waals surface area contributed by atoms with Gasteiger partial charge in [-0.3, -0.25) is 9.69 Å². The van der Waals surface area contributed by atoms with E-state index in [0.717, 1.165) is 66.6 Å². The fourth-order valence-electron chi connectivity index (χ4n) is 10.2. The predicted molar refractivity (Wildman–Crippen MR) is 205 cm³/mol. The Kier molecular flexibility index (Phi) is 9.22. The second kappa shape index (κ2) is 13.9. The van der Waals surface area contributed by atoms with Gasteiger partial charge in [0.1, 0.15) is 5.52 Å². The number of carbonyl (C=O) groups is 1. The molecule has 4 bridgehead atoms. The van der Waals surface area contributed by atoms with Crippen LogP contribution in [0.4, 0.5) is 4.39 Å². The fourth-order valence-corrected chi connectivity index (χ4v) is 10.6. The highest BCUT2D eigenvalue weighted by molar-refractivity contribution is 6.43. The monoisotopic (exact) mass is 740 g/mol. The number of carbonyl (C=O) groups excluding carboxylic acids is 1. The molecule has 7 nitrogen and oxygen atoms in total. The number of likely N-dealkylation sites (tertiary alicyclic amines) is 2. The summed E-state index contributed by atoms with van der Waals surface area (Å²) in [5, 5.41) is 15.1. The molecule has 2 aromatic heterocycles. The highest BCUT2D eigenvalue weighted by atomic mass is 35.5. The standard InChI is InChI=1S/C37H38Cl2FN5O.C5H9N/c1-20-27-17-30(36-23-15-25(45(36)37(46)21-12-13-21)19-44(18-23)24-8-3-2-4-9-24)43-34(27)28-16-22(7-6-14-41)31(33(40)35(28)42-20)26-10-5-11-29(38)32(26)39;1-4-2-5(1)6-3-4/h5,10-11,16-17,21,23-25,36,43H,2-4,6-9,12-13,15,18-19H2,1H3;4-6H,1-3H2. The number of rotatable bonds is 6. The summed E-state index contributed by atoms with van der Waals surface area (Å²) in [7, 11) is 0.